The number of nitrogens with zero attached hydrogens (tertiary/aromatic N) is 1. The molecule has 2 aromatic carbocycles. The van der Waals surface area contributed by atoms with Gasteiger partial charge in [0, 0.05) is 6.54 Å². The average molecular weight is 311 g/mol. The molecule has 2 unspecified atom stereocenters. The first-order chi connectivity index (χ1) is 11.2. The van der Waals surface area contributed by atoms with Gasteiger partial charge in [-0.25, -0.2) is 4.79 Å². The van der Waals surface area contributed by atoms with Crippen molar-refractivity contribution in [1.82, 2.24) is 4.90 Å². The summed E-state index contributed by atoms with van der Waals surface area (Å²) >= 11 is 0. The number of amides is 1. The van der Waals surface area contributed by atoms with E-state index in [1.807, 2.05) is 60.7 Å². The van der Waals surface area contributed by atoms with Crippen LogP contribution in [0, 0.1) is 0 Å². The van der Waals surface area contributed by atoms with Gasteiger partial charge >= 0.3 is 5.97 Å². The first kappa shape index (κ1) is 15.2. The maximum atomic E-state index is 12.4. The molecule has 0 radical (unpaired) electrons. The Morgan fingerprint density at radius 1 is 1.09 bits per heavy atom. The first-order valence-electron chi connectivity index (χ1n) is 7.39. The van der Waals surface area contributed by atoms with Crippen molar-refractivity contribution in [3.05, 3.63) is 71.8 Å². The summed E-state index contributed by atoms with van der Waals surface area (Å²) in [6, 6.07) is 18.0. The molecule has 23 heavy (non-hydrogen) atoms. The zero-order valence-corrected chi connectivity index (χ0v) is 12.5. The minimum absolute atomic E-state index is 0.208. The van der Waals surface area contributed by atoms with E-state index >= 15 is 0 Å². The predicted octanol–water partition coefficient (Wildman–Crippen LogP) is 2.24. The molecule has 1 fully saturated rings. The highest BCUT2D eigenvalue weighted by atomic mass is 16.5. The minimum Gasteiger partial charge on any atom is -0.479 e. The number of hydrogen-bond acceptors (Lipinski definition) is 3. The Balaban J connectivity index is 1.97. The zero-order chi connectivity index (χ0) is 16.2. The normalized spacial score (nSPS) is 21.2. The third kappa shape index (κ3) is 3.24. The summed E-state index contributed by atoms with van der Waals surface area (Å²) in [5, 5.41) is 9.48. The van der Waals surface area contributed by atoms with Crippen molar-refractivity contribution in [1.29, 1.82) is 0 Å². The molecule has 5 heteroatoms. The molecule has 2 atom stereocenters. The molecule has 0 aromatic heterocycles. The number of aliphatic carboxylic acids is 1. The van der Waals surface area contributed by atoms with Crippen LogP contribution in [0.2, 0.25) is 0 Å². The molecule has 1 saturated heterocycles. The fourth-order valence-corrected chi connectivity index (χ4v) is 2.83. The van der Waals surface area contributed by atoms with E-state index < -0.39 is 18.1 Å². The van der Waals surface area contributed by atoms with Gasteiger partial charge in [0.1, 0.15) is 6.61 Å². The monoisotopic (exact) mass is 311 g/mol. The van der Waals surface area contributed by atoms with Crippen LogP contribution >= 0.6 is 0 Å². The molecule has 3 rings (SSSR count). The molecule has 1 aliphatic rings. The number of ether oxygens (including phenoxy) is 1. The van der Waals surface area contributed by atoms with Crippen molar-refractivity contribution in [2.24, 2.45) is 0 Å². The standard InChI is InChI=1S/C18H17NO4/c20-15-12-23-17(18(21)22)16(14-9-5-2-6-10-14)19(15)11-13-7-3-1-4-8-13/h1-10,16-17H,11-12H2,(H,21,22). The van der Waals surface area contributed by atoms with Crippen LogP contribution in [0.5, 0.6) is 0 Å². The van der Waals surface area contributed by atoms with Gasteiger partial charge in [-0.3, -0.25) is 4.79 Å². The largest absolute Gasteiger partial charge is 0.479 e. The number of carboxylic acids is 1. The average Bonchev–Trinajstić information content (AvgIpc) is 2.58. The number of rotatable bonds is 4. The number of benzene rings is 2. The van der Waals surface area contributed by atoms with E-state index in [0.717, 1.165) is 11.1 Å². The Labute approximate surface area is 134 Å². The van der Waals surface area contributed by atoms with Gasteiger partial charge in [-0.2, -0.15) is 0 Å². The molecule has 0 bridgehead atoms. The fourth-order valence-electron chi connectivity index (χ4n) is 2.83. The molecular formula is C18H17NO4. The van der Waals surface area contributed by atoms with Gasteiger partial charge in [0.25, 0.3) is 0 Å². The van der Waals surface area contributed by atoms with Crippen LogP contribution in [0.15, 0.2) is 60.7 Å². The van der Waals surface area contributed by atoms with Gasteiger partial charge in [0.2, 0.25) is 5.91 Å². The summed E-state index contributed by atoms with van der Waals surface area (Å²) in [5.74, 6) is -1.27. The Hall–Kier alpha value is -2.66. The highest BCUT2D eigenvalue weighted by Gasteiger charge is 2.41. The van der Waals surface area contributed by atoms with Crippen LogP contribution in [0.3, 0.4) is 0 Å². The lowest BCUT2D eigenvalue weighted by molar-refractivity contribution is -0.174. The lowest BCUT2D eigenvalue weighted by Gasteiger charge is -2.39. The molecule has 5 nitrogen and oxygen atoms in total. The summed E-state index contributed by atoms with van der Waals surface area (Å²) in [7, 11) is 0. The van der Waals surface area contributed by atoms with E-state index in [4.69, 9.17) is 4.74 Å². The second-order valence-electron chi connectivity index (χ2n) is 5.43. The molecule has 1 amide bonds. The van der Waals surface area contributed by atoms with Crippen LogP contribution in [0.4, 0.5) is 0 Å². The van der Waals surface area contributed by atoms with Crippen LogP contribution in [-0.2, 0) is 20.9 Å². The van der Waals surface area contributed by atoms with Gasteiger partial charge in [-0.05, 0) is 11.1 Å². The van der Waals surface area contributed by atoms with Crippen molar-refractivity contribution >= 4 is 11.9 Å². The highest BCUT2D eigenvalue weighted by molar-refractivity contribution is 5.83. The van der Waals surface area contributed by atoms with E-state index in [1.165, 1.54) is 0 Å². The zero-order valence-electron chi connectivity index (χ0n) is 12.5. The van der Waals surface area contributed by atoms with Crippen LogP contribution in [0.1, 0.15) is 17.2 Å². The summed E-state index contributed by atoms with van der Waals surface area (Å²) in [6.45, 7) is 0.138. The van der Waals surface area contributed by atoms with Gasteiger partial charge in [0.05, 0.1) is 6.04 Å². The Kier molecular flexibility index (Phi) is 4.39. The highest BCUT2D eigenvalue weighted by Crippen LogP contribution is 2.31. The fraction of sp³-hybridized carbons (Fsp3) is 0.222. The molecule has 2 aromatic rings. The van der Waals surface area contributed by atoms with Crippen molar-refractivity contribution < 1.29 is 19.4 Å². The molecule has 1 N–H and O–H groups in total. The second-order valence-corrected chi connectivity index (χ2v) is 5.43. The van der Waals surface area contributed by atoms with Crippen LogP contribution in [0.25, 0.3) is 0 Å². The first-order valence-corrected chi connectivity index (χ1v) is 7.39. The molecular weight excluding hydrogens is 294 g/mol. The third-order valence-electron chi connectivity index (χ3n) is 3.91. The molecule has 1 heterocycles. The van der Waals surface area contributed by atoms with Gasteiger partial charge in [-0.15, -0.1) is 0 Å². The Morgan fingerprint density at radius 3 is 2.30 bits per heavy atom. The summed E-state index contributed by atoms with van der Waals surface area (Å²) in [5.41, 5.74) is 1.71. The lowest BCUT2D eigenvalue weighted by atomic mass is 9.97. The predicted molar refractivity (Wildman–Crippen MR) is 83.6 cm³/mol. The van der Waals surface area contributed by atoms with Crippen molar-refractivity contribution in [3.63, 3.8) is 0 Å². The Bertz CT molecular complexity index is 687. The van der Waals surface area contributed by atoms with Crippen molar-refractivity contribution in [2.45, 2.75) is 18.7 Å². The SMILES string of the molecule is O=C(O)C1OCC(=O)N(Cc2ccccc2)C1c1ccccc1. The molecule has 0 aliphatic carbocycles. The molecule has 0 spiro atoms. The van der Waals surface area contributed by atoms with E-state index in [-0.39, 0.29) is 12.5 Å². The van der Waals surface area contributed by atoms with E-state index in [0.29, 0.717) is 6.54 Å². The van der Waals surface area contributed by atoms with Crippen LogP contribution < -0.4 is 0 Å². The topological polar surface area (TPSA) is 66.8 Å². The lowest BCUT2D eigenvalue weighted by Crippen LogP contribution is -2.51. The smallest absolute Gasteiger partial charge is 0.335 e. The quantitative estimate of drug-likeness (QED) is 0.940. The van der Waals surface area contributed by atoms with E-state index in [2.05, 4.69) is 0 Å². The summed E-state index contributed by atoms with van der Waals surface area (Å²) in [4.78, 5) is 25.5. The van der Waals surface area contributed by atoms with Crippen molar-refractivity contribution in [2.75, 3.05) is 6.61 Å². The summed E-state index contributed by atoms with van der Waals surface area (Å²) in [6.07, 6.45) is -1.07. The minimum atomic E-state index is -1.07. The van der Waals surface area contributed by atoms with Crippen molar-refractivity contribution in [3.8, 4) is 0 Å². The van der Waals surface area contributed by atoms with E-state index in [1.54, 1.807) is 4.90 Å². The maximum Gasteiger partial charge on any atom is 0.335 e. The molecule has 1 aliphatic heterocycles. The van der Waals surface area contributed by atoms with E-state index in [9.17, 15) is 14.7 Å². The number of morpholine rings is 1. The number of carbonyl (C=O) groups excluding carboxylic acids is 1. The molecule has 118 valence electrons. The van der Waals surface area contributed by atoms with Gasteiger partial charge in [0.15, 0.2) is 6.10 Å². The van der Waals surface area contributed by atoms with Gasteiger partial charge < -0.3 is 14.7 Å². The van der Waals surface area contributed by atoms with Crippen LogP contribution in [-0.4, -0.2) is 34.6 Å². The third-order valence-corrected chi connectivity index (χ3v) is 3.91. The number of hydrogen-bond donors (Lipinski definition) is 1. The number of carbonyl (C=O) groups is 2. The Morgan fingerprint density at radius 2 is 1.70 bits per heavy atom. The summed E-state index contributed by atoms with van der Waals surface area (Å²) < 4.78 is 5.30. The van der Waals surface area contributed by atoms with Gasteiger partial charge in [-0.1, -0.05) is 60.7 Å². The maximum absolute atomic E-state index is 12.4. The second kappa shape index (κ2) is 6.62. The molecule has 0 saturated carbocycles. The number of carboxylic acid groups (broad SMARTS) is 1.